The summed E-state index contributed by atoms with van der Waals surface area (Å²) in [6, 6.07) is 7.64. The van der Waals surface area contributed by atoms with Crippen molar-refractivity contribution < 1.29 is 14.1 Å². The van der Waals surface area contributed by atoms with Crippen LogP contribution in [-0.2, 0) is 16.0 Å². The Morgan fingerprint density at radius 2 is 2.14 bits per heavy atom. The predicted octanol–water partition coefficient (Wildman–Crippen LogP) is 2.58. The molecule has 118 valence electrons. The standard InChI is InChI=1S/C15H18BrN3O3/c1-21-10-2-9-17-13(20)7-8-14-18-15(19-22-14)11-3-5-12(16)6-4-11/h3-6H,2,7-10H2,1H3,(H,17,20). The van der Waals surface area contributed by atoms with Crippen LogP contribution in [0.1, 0.15) is 18.7 Å². The quantitative estimate of drug-likeness (QED) is 0.725. The molecule has 0 aliphatic rings. The summed E-state index contributed by atoms with van der Waals surface area (Å²) in [6.45, 7) is 1.25. The van der Waals surface area contributed by atoms with Gasteiger partial charge in [-0.25, -0.2) is 0 Å². The number of nitrogens with zero attached hydrogens (tertiary/aromatic N) is 2. The van der Waals surface area contributed by atoms with E-state index in [2.05, 4.69) is 31.4 Å². The molecule has 1 aromatic heterocycles. The summed E-state index contributed by atoms with van der Waals surface area (Å²) < 4.78 is 11.1. The largest absolute Gasteiger partial charge is 0.385 e. The molecule has 0 bridgehead atoms. The van der Waals surface area contributed by atoms with Crippen molar-refractivity contribution in [2.75, 3.05) is 20.3 Å². The third kappa shape index (κ3) is 5.23. The smallest absolute Gasteiger partial charge is 0.227 e. The highest BCUT2D eigenvalue weighted by molar-refractivity contribution is 9.10. The Balaban J connectivity index is 1.79. The molecule has 6 nitrogen and oxygen atoms in total. The number of ether oxygens (including phenoxy) is 1. The molecule has 2 aromatic rings. The zero-order valence-corrected chi connectivity index (χ0v) is 13.9. The number of hydrogen-bond donors (Lipinski definition) is 1. The van der Waals surface area contributed by atoms with Crippen LogP contribution in [0.3, 0.4) is 0 Å². The second-order valence-corrected chi connectivity index (χ2v) is 5.63. The number of carbonyl (C=O) groups is 1. The van der Waals surface area contributed by atoms with Crippen LogP contribution in [-0.4, -0.2) is 36.3 Å². The van der Waals surface area contributed by atoms with Crippen LogP contribution >= 0.6 is 15.9 Å². The normalized spacial score (nSPS) is 10.6. The van der Waals surface area contributed by atoms with Crippen LogP contribution < -0.4 is 5.32 Å². The lowest BCUT2D eigenvalue weighted by Gasteiger charge is -2.02. The number of halogens is 1. The van der Waals surface area contributed by atoms with Gasteiger partial charge < -0.3 is 14.6 Å². The summed E-state index contributed by atoms with van der Waals surface area (Å²) in [5.74, 6) is 0.965. The van der Waals surface area contributed by atoms with Gasteiger partial charge in [0.2, 0.25) is 17.6 Å². The first-order valence-corrected chi connectivity index (χ1v) is 7.82. The monoisotopic (exact) mass is 367 g/mol. The number of hydrogen-bond acceptors (Lipinski definition) is 5. The zero-order valence-electron chi connectivity index (χ0n) is 12.3. The Bertz CT molecular complexity index is 598. The maximum atomic E-state index is 11.6. The minimum atomic E-state index is -0.0282. The molecule has 0 fully saturated rings. The SMILES string of the molecule is COCCCNC(=O)CCc1nc(-c2ccc(Br)cc2)no1. The average Bonchev–Trinajstić information content (AvgIpc) is 2.99. The first-order valence-electron chi connectivity index (χ1n) is 7.03. The first-order chi connectivity index (χ1) is 10.7. The average molecular weight is 368 g/mol. The van der Waals surface area contributed by atoms with Gasteiger partial charge in [0, 0.05) is 43.1 Å². The second kappa shape index (κ2) is 8.65. The van der Waals surface area contributed by atoms with Crippen LogP contribution in [0.4, 0.5) is 0 Å². The zero-order chi connectivity index (χ0) is 15.8. The van der Waals surface area contributed by atoms with E-state index in [1.54, 1.807) is 7.11 Å². The summed E-state index contributed by atoms with van der Waals surface area (Å²) in [5, 5.41) is 6.75. The molecule has 7 heteroatoms. The molecule has 0 atom stereocenters. The highest BCUT2D eigenvalue weighted by Gasteiger charge is 2.10. The molecule has 0 radical (unpaired) electrons. The van der Waals surface area contributed by atoms with Gasteiger partial charge in [-0.05, 0) is 30.7 Å². The van der Waals surface area contributed by atoms with Crippen LogP contribution in [0.2, 0.25) is 0 Å². The van der Waals surface area contributed by atoms with E-state index in [1.807, 2.05) is 24.3 Å². The molecule has 1 heterocycles. The van der Waals surface area contributed by atoms with Crippen LogP contribution in [0.5, 0.6) is 0 Å². The fourth-order valence-corrected chi connectivity index (χ4v) is 2.09. The van der Waals surface area contributed by atoms with E-state index in [9.17, 15) is 4.79 Å². The summed E-state index contributed by atoms with van der Waals surface area (Å²) in [4.78, 5) is 15.9. The molecule has 2 rings (SSSR count). The molecule has 1 N–H and O–H groups in total. The molecule has 0 aliphatic carbocycles. The van der Waals surface area contributed by atoms with Crippen molar-refractivity contribution >= 4 is 21.8 Å². The lowest BCUT2D eigenvalue weighted by atomic mass is 10.2. The maximum absolute atomic E-state index is 11.6. The third-order valence-corrected chi connectivity index (χ3v) is 3.51. The number of aromatic nitrogens is 2. The van der Waals surface area contributed by atoms with Crippen LogP contribution in [0, 0.1) is 0 Å². The minimum absolute atomic E-state index is 0.0282. The van der Waals surface area contributed by atoms with Gasteiger partial charge in [-0.2, -0.15) is 4.98 Å². The fraction of sp³-hybridized carbons (Fsp3) is 0.400. The van der Waals surface area contributed by atoms with E-state index >= 15 is 0 Å². The molecule has 0 unspecified atom stereocenters. The fourth-order valence-electron chi connectivity index (χ4n) is 1.83. The maximum Gasteiger partial charge on any atom is 0.227 e. The highest BCUT2D eigenvalue weighted by atomic mass is 79.9. The Kier molecular flexibility index (Phi) is 6.54. The number of amides is 1. The van der Waals surface area contributed by atoms with E-state index < -0.39 is 0 Å². The van der Waals surface area contributed by atoms with Crippen LogP contribution in [0.15, 0.2) is 33.3 Å². The van der Waals surface area contributed by atoms with E-state index in [1.165, 1.54) is 0 Å². The van der Waals surface area contributed by atoms with Crippen LogP contribution in [0.25, 0.3) is 11.4 Å². The molecular weight excluding hydrogens is 350 g/mol. The van der Waals surface area contributed by atoms with Crippen molar-refractivity contribution in [1.29, 1.82) is 0 Å². The minimum Gasteiger partial charge on any atom is -0.385 e. The molecule has 0 saturated carbocycles. The molecule has 1 aromatic carbocycles. The van der Waals surface area contributed by atoms with Crippen molar-refractivity contribution in [3.05, 3.63) is 34.6 Å². The lowest BCUT2D eigenvalue weighted by Crippen LogP contribution is -2.25. The summed E-state index contributed by atoms with van der Waals surface area (Å²) in [5.41, 5.74) is 0.877. The van der Waals surface area contributed by atoms with Gasteiger partial charge in [0.15, 0.2) is 0 Å². The number of methoxy groups -OCH3 is 1. The Hall–Kier alpha value is -1.73. The van der Waals surface area contributed by atoms with Gasteiger partial charge in [0.05, 0.1) is 0 Å². The van der Waals surface area contributed by atoms with Gasteiger partial charge in [-0.15, -0.1) is 0 Å². The number of nitrogens with one attached hydrogen (secondary N) is 1. The topological polar surface area (TPSA) is 77.2 Å². The highest BCUT2D eigenvalue weighted by Crippen LogP contribution is 2.19. The molecule has 22 heavy (non-hydrogen) atoms. The van der Waals surface area contributed by atoms with Crippen molar-refractivity contribution in [3.8, 4) is 11.4 Å². The Morgan fingerprint density at radius 1 is 1.36 bits per heavy atom. The summed E-state index contributed by atoms with van der Waals surface area (Å²) >= 11 is 3.38. The Labute approximate surface area is 137 Å². The number of benzene rings is 1. The van der Waals surface area contributed by atoms with E-state index in [0.29, 0.717) is 37.7 Å². The Morgan fingerprint density at radius 3 is 2.86 bits per heavy atom. The molecular formula is C15H18BrN3O3. The van der Waals surface area contributed by atoms with Gasteiger partial charge in [-0.1, -0.05) is 21.1 Å². The summed E-state index contributed by atoms with van der Waals surface area (Å²) in [7, 11) is 1.64. The van der Waals surface area contributed by atoms with Gasteiger partial charge >= 0.3 is 0 Å². The van der Waals surface area contributed by atoms with Gasteiger partial charge in [-0.3, -0.25) is 4.79 Å². The first kappa shape index (κ1) is 16.6. The summed E-state index contributed by atoms with van der Waals surface area (Å²) in [6.07, 6.45) is 1.56. The van der Waals surface area contributed by atoms with Gasteiger partial charge in [0.1, 0.15) is 0 Å². The lowest BCUT2D eigenvalue weighted by molar-refractivity contribution is -0.121. The molecule has 0 aliphatic heterocycles. The van der Waals surface area contributed by atoms with E-state index in [0.717, 1.165) is 16.5 Å². The van der Waals surface area contributed by atoms with E-state index in [-0.39, 0.29) is 5.91 Å². The molecule has 1 amide bonds. The van der Waals surface area contributed by atoms with Crippen molar-refractivity contribution in [3.63, 3.8) is 0 Å². The van der Waals surface area contributed by atoms with Crippen molar-refractivity contribution in [2.45, 2.75) is 19.3 Å². The predicted molar refractivity (Wildman–Crippen MR) is 85.3 cm³/mol. The van der Waals surface area contributed by atoms with Crippen molar-refractivity contribution in [1.82, 2.24) is 15.5 Å². The molecule has 0 spiro atoms. The number of rotatable bonds is 8. The van der Waals surface area contributed by atoms with E-state index in [4.69, 9.17) is 9.26 Å². The number of aryl methyl sites for hydroxylation is 1. The number of carbonyl (C=O) groups excluding carboxylic acids is 1. The second-order valence-electron chi connectivity index (χ2n) is 4.71. The molecule has 0 saturated heterocycles. The van der Waals surface area contributed by atoms with Crippen molar-refractivity contribution in [2.24, 2.45) is 0 Å². The third-order valence-electron chi connectivity index (χ3n) is 2.98. The van der Waals surface area contributed by atoms with Gasteiger partial charge in [0.25, 0.3) is 0 Å².